The maximum atomic E-state index is 12.6. The molecule has 1 aromatic carbocycles. The number of nitrogens with one attached hydrogen (secondary N) is 2. The van der Waals surface area contributed by atoms with Crippen molar-refractivity contribution in [2.24, 2.45) is 0 Å². The van der Waals surface area contributed by atoms with Gasteiger partial charge in [-0.3, -0.25) is 9.59 Å². The molecule has 0 bridgehead atoms. The smallest absolute Gasteiger partial charge is 0.255 e. The number of amides is 2. The summed E-state index contributed by atoms with van der Waals surface area (Å²) in [6, 6.07) is 7.55. The normalized spacial score (nSPS) is 31.6. The number of rotatable bonds is 1. The Balaban J connectivity index is 1.26. The highest BCUT2D eigenvalue weighted by molar-refractivity contribution is 6.02. The molecule has 0 unspecified atom stereocenters. The number of ether oxygens (including phenoxy) is 2. The van der Waals surface area contributed by atoms with Crippen LogP contribution in [0.25, 0.3) is 0 Å². The highest BCUT2D eigenvalue weighted by atomic mass is 16.5. The van der Waals surface area contributed by atoms with Gasteiger partial charge in [0.2, 0.25) is 0 Å². The van der Waals surface area contributed by atoms with Crippen molar-refractivity contribution < 1.29 is 19.1 Å². The van der Waals surface area contributed by atoms with Crippen molar-refractivity contribution in [2.75, 3.05) is 31.6 Å². The molecule has 3 saturated heterocycles. The Kier molecular flexibility index (Phi) is 3.91. The van der Waals surface area contributed by atoms with Crippen molar-refractivity contribution in [3.8, 4) is 0 Å². The van der Waals surface area contributed by atoms with Gasteiger partial charge in [-0.15, -0.1) is 0 Å². The Hall–Kier alpha value is -2.12. The van der Waals surface area contributed by atoms with Gasteiger partial charge in [0, 0.05) is 31.8 Å². The number of carbonyl (C=O) groups is 2. The Bertz CT molecular complexity index is 768. The molecule has 27 heavy (non-hydrogen) atoms. The van der Waals surface area contributed by atoms with Crippen LogP contribution in [0.2, 0.25) is 0 Å². The van der Waals surface area contributed by atoms with E-state index >= 15 is 0 Å². The maximum absolute atomic E-state index is 12.6. The van der Waals surface area contributed by atoms with Crippen molar-refractivity contribution in [3.05, 3.63) is 29.8 Å². The maximum Gasteiger partial charge on any atom is 0.255 e. The predicted octanol–water partition coefficient (Wildman–Crippen LogP) is 1.50. The molecule has 7 nitrogen and oxygen atoms in total. The molecule has 0 aromatic heterocycles. The minimum Gasteiger partial charge on any atom is -0.370 e. The second kappa shape index (κ2) is 6.21. The molecule has 3 fully saturated rings. The monoisotopic (exact) mass is 371 g/mol. The summed E-state index contributed by atoms with van der Waals surface area (Å²) in [7, 11) is 0. The molecule has 2 amide bonds. The van der Waals surface area contributed by atoms with Crippen LogP contribution in [0.15, 0.2) is 24.3 Å². The van der Waals surface area contributed by atoms with Crippen LogP contribution >= 0.6 is 0 Å². The molecule has 2 atom stereocenters. The SMILES string of the molecule is O=C1N[C@@]2(COC3(CCN(C(=O)[C@H]4CCCO4)CC3)C2)Nc2ccccc21. The van der Waals surface area contributed by atoms with Crippen molar-refractivity contribution in [1.29, 1.82) is 0 Å². The predicted molar refractivity (Wildman–Crippen MR) is 98.3 cm³/mol. The molecule has 2 N–H and O–H groups in total. The van der Waals surface area contributed by atoms with Gasteiger partial charge in [-0.1, -0.05) is 12.1 Å². The minimum atomic E-state index is -0.563. The minimum absolute atomic E-state index is 0.0593. The summed E-state index contributed by atoms with van der Waals surface area (Å²) in [5, 5.41) is 6.62. The van der Waals surface area contributed by atoms with E-state index in [9.17, 15) is 9.59 Å². The van der Waals surface area contributed by atoms with Crippen LogP contribution in [0.1, 0.15) is 42.5 Å². The molecule has 4 aliphatic rings. The topological polar surface area (TPSA) is 79.9 Å². The molecule has 1 aromatic rings. The summed E-state index contributed by atoms with van der Waals surface area (Å²) < 4.78 is 11.8. The fourth-order valence-electron chi connectivity index (χ4n) is 4.88. The van der Waals surface area contributed by atoms with E-state index in [1.165, 1.54) is 0 Å². The number of piperidine rings is 1. The number of hydrogen-bond donors (Lipinski definition) is 2. The molecule has 7 heteroatoms. The molecule has 4 heterocycles. The van der Waals surface area contributed by atoms with E-state index in [-0.39, 0.29) is 23.5 Å². The van der Waals surface area contributed by atoms with Gasteiger partial charge in [-0.25, -0.2) is 0 Å². The summed E-state index contributed by atoms with van der Waals surface area (Å²) in [6.07, 6.45) is 3.81. The second-order valence-electron chi connectivity index (χ2n) is 8.18. The lowest BCUT2D eigenvalue weighted by Crippen LogP contribution is -2.59. The van der Waals surface area contributed by atoms with Crippen molar-refractivity contribution in [1.82, 2.24) is 10.2 Å². The standard InChI is InChI=1S/C20H25N3O4/c24-17-14-4-1-2-5-15(14)21-20(22-17)12-19(27-13-20)7-9-23(10-8-19)18(25)16-6-3-11-26-16/h1-2,4-5,16,21H,3,6-13H2,(H,22,24)/t16-,20+/m1/s1. The zero-order valence-corrected chi connectivity index (χ0v) is 15.3. The van der Waals surface area contributed by atoms with E-state index in [2.05, 4.69) is 10.6 Å². The van der Waals surface area contributed by atoms with E-state index in [1.807, 2.05) is 29.2 Å². The van der Waals surface area contributed by atoms with E-state index in [0.29, 0.717) is 38.3 Å². The summed E-state index contributed by atoms with van der Waals surface area (Å²) >= 11 is 0. The van der Waals surface area contributed by atoms with Crippen LogP contribution in [-0.2, 0) is 14.3 Å². The summed E-state index contributed by atoms with van der Waals surface area (Å²) in [5.74, 6) is 0.0593. The average Bonchev–Trinajstić information content (AvgIpc) is 3.31. The quantitative estimate of drug-likeness (QED) is 0.782. The lowest BCUT2D eigenvalue weighted by Gasteiger charge is -2.41. The van der Waals surface area contributed by atoms with Crippen molar-refractivity contribution >= 4 is 17.5 Å². The summed E-state index contributed by atoms with van der Waals surface area (Å²) in [6.45, 7) is 2.48. The van der Waals surface area contributed by atoms with Crippen molar-refractivity contribution in [2.45, 2.75) is 49.5 Å². The fraction of sp³-hybridized carbons (Fsp3) is 0.600. The largest absolute Gasteiger partial charge is 0.370 e. The Labute approximate surface area is 158 Å². The fourth-order valence-corrected chi connectivity index (χ4v) is 4.88. The van der Waals surface area contributed by atoms with Gasteiger partial charge in [-0.2, -0.15) is 0 Å². The highest BCUT2D eigenvalue weighted by Gasteiger charge is 2.53. The number of likely N-dealkylation sites (tertiary alicyclic amines) is 1. The molecule has 0 radical (unpaired) electrons. The van der Waals surface area contributed by atoms with Crippen LogP contribution in [-0.4, -0.2) is 60.4 Å². The van der Waals surface area contributed by atoms with Crippen LogP contribution in [0.3, 0.4) is 0 Å². The molecule has 0 aliphatic carbocycles. The first-order chi connectivity index (χ1) is 13.1. The van der Waals surface area contributed by atoms with Gasteiger partial charge in [0.25, 0.3) is 11.8 Å². The van der Waals surface area contributed by atoms with E-state index < -0.39 is 5.66 Å². The Morgan fingerprint density at radius 2 is 2.00 bits per heavy atom. The van der Waals surface area contributed by atoms with E-state index in [4.69, 9.17) is 9.47 Å². The van der Waals surface area contributed by atoms with Gasteiger partial charge in [0.15, 0.2) is 0 Å². The third-order valence-corrected chi connectivity index (χ3v) is 6.34. The first-order valence-electron chi connectivity index (χ1n) is 9.82. The van der Waals surface area contributed by atoms with Gasteiger partial charge >= 0.3 is 0 Å². The molecular weight excluding hydrogens is 346 g/mol. The van der Waals surface area contributed by atoms with Crippen LogP contribution in [0.5, 0.6) is 0 Å². The first kappa shape index (κ1) is 17.0. The van der Waals surface area contributed by atoms with E-state index in [0.717, 1.165) is 31.4 Å². The van der Waals surface area contributed by atoms with Gasteiger partial charge in [-0.05, 0) is 37.8 Å². The van der Waals surface area contributed by atoms with Crippen LogP contribution in [0, 0.1) is 0 Å². The number of benzene rings is 1. The Morgan fingerprint density at radius 3 is 2.78 bits per heavy atom. The molecule has 4 aliphatic heterocycles. The van der Waals surface area contributed by atoms with Gasteiger partial charge in [0.1, 0.15) is 11.8 Å². The van der Waals surface area contributed by atoms with Crippen LogP contribution < -0.4 is 10.6 Å². The molecule has 2 spiro atoms. The third-order valence-electron chi connectivity index (χ3n) is 6.34. The summed E-state index contributed by atoms with van der Waals surface area (Å²) in [4.78, 5) is 27.0. The molecular formula is C20H25N3O4. The molecule has 0 saturated carbocycles. The number of carbonyl (C=O) groups excluding carboxylic acids is 2. The zero-order valence-electron chi connectivity index (χ0n) is 15.3. The number of anilines is 1. The highest BCUT2D eigenvalue weighted by Crippen LogP contribution is 2.43. The van der Waals surface area contributed by atoms with Crippen LogP contribution in [0.4, 0.5) is 5.69 Å². The number of nitrogens with zero attached hydrogens (tertiary/aromatic N) is 1. The number of hydrogen-bond acceptors (Lipinski definition) is 5. The average molecular weight is 371 g/mol. The zero-order chi connectivity index (χ0) is 18.5. The molecule has 144 valence electrons. The van der Waals surface area contributed by atoms with Gasteiger partial charge in [0.05, 0.1) is 17.8 Å². The van der Waals surface area contributed by atoms with E-state index in [1.54, 1.807) is 0 Å². The lowest BCUT2D eigenvalue weighted by atomic mass is 9.84. The van der Waals surface area contributed by atoms with Crippen molar-refractivity contribution in [3.63, 3.8) is 0 Å². The molecule has 5 rings (SSSR count). The van der Waals surface area contributed by atoms with Gasteiger partial charge < -0.3 is 25.0 Å². The second-order valence-corrected chi connectivity index (χ2v) is 8.18. The Morgan fingerprint density at radius 1 is 1.19 bits per heavy atom. The summed E-state index contributed by atoms with van der Waals surface area (Å²) in [5.41, 5.74) is 0.667. The number of fused-ring (bicyclic) bond motifs is 1. The number of para-hydroxylation sites is 1. The first-order valence-corrected chi connectivity index (χ1v) is 9.82. The third kappa shape index (κ3) is 2.89. The lowest BCUT2D eigenvalue weighted by molar-refractivity contribution is -0.145.